The van der Waals surface area contributed by atoms with E-state index in [1.54, 1.807) is 6.92 Å². The molecular formula is C12H14O3. The highest BCUT2D eigenvalue weighted by molar-refractivity contribution is 5.82. The maximum atomic E-state index is 11.2. The van der Waals surface area contributed by atoms with Gasteiger partial charge in [-0.1, -0.05) is 30.3 Å². The van der Waals surface area contributed by atoms with Crippen LogP contribution in [0.3, 0.4) is 0 Å². The lowest BCUT2D eigenvalue weighted by atomic mass is 10.2. The summed E-state index contributed by atoms with van der Waals surface area (Å²) in [6.45, 7) is 1.98. The molecule has 0 aliphatic rings. The molecule has 0 aliphatic carbocycles. The Balaban J connectivity index is 2.41. The molecule has 0 saturated heterocycles. The first-order chi connectivity index (χ1) is 7.22. The highest BCUT2D eigenvalue weighted by atomic mass is 16.5. The van der Waals surface area contributed by atoms with Gasteiger partial charge in [-0.05, 0) is 12.5 Å². The van der Waals surface area contributed by atoms with E-state index in [-0.39, 0.29) is 6.61 Å². The standard InChI is InChI=1S/C12H14O3/c1-10(14-2)8-12(13)15-9-11-6-4-3-5-7-11/h3-8H,9H2,1-2H3/b10-8+. The summed E-state index contributed by atoms with van der Waals surface area (Å²) in [5.74, 6) is 0.145. The molecule has 0 unspecified atom stereocenters. The molecule has 0 spiro atoms. The van der Waals surface area contributed by atoms with Gasteiger partial charge in [0, 0.05) is 0 Å². The Bertz CT molecular complexity index is 341. The zero-order chi connectivity index (χ0) is 11.1. The molecule has 80 valence electrons. The van der Waals surface area contributed by atoms with E-state index in [1.165, 1.54) is 13.2 Å². The lowest BCUT2D eigenvalue weighted by Gasteiger charge is -2.02. The van der Waals surface area contributed by atoms with Crippen LogP contribution in [0.25, 0.3) is 0 Å². The number of benzene rings is 1. The molecule has 15 heavy (non-hydrogen) atoms. The van der Waals surface area contributed by atoms with Gasteiger partial charge in [0.2, 0.25) is 0 Å². The zero-order valence-electron chi connectivity index (χ0n) is 8.90. The number of carbonyl (C=O) groups excluding carboxylic acids is 1. The molecule has 1 aromatic carbocycles. The summed E-state index contributed by atoms with van der Waals surface area (Å²) in [5, 5.41) is 0. The average Bonchev–Trinajstić information content (AvgIpc) is 2.27. The van der Waals surface area contributed by atoms with Gasteiger partial charge < -0.3 is 9.47 Å². The van der Waals surface area contributed by atoms with Gasteiger partial charge in [0.25, 0.3) is 0 Å². The molecule has 1 aromatic rings. The normalized spacial score (nSPS) is 10.9. The lowest BCUT2D eigenvalue weighted by Crippen LogP contribution is -2.02. The minimum Gasteiger partial charge on any atom is -0.501 e. The predicted molar refractivity (Wildman–Crippen MR) is 57.0 cm³/mol. The quantitative estimate of drug-likeness (QED) is 0.430. The van der Waals surface area contributed by atoms with Crippen LogP contribution < -0.4 is 0 Å². The molecule has 0 fully saturated rings. The summed E-state index contributed by atoms with van der Waals surface area (Å²) in [6, 6.07) is 9.53. The number of hydrogen-bond donors (Lipinski definition) is 0. The molecule has 0 radical (unpaired) electrons. The van der Waals surface area contributed by atoms with Crippen molar-refractivity contribution in [2.24, 2.45) is 0 Å². The molecule has 3 nitrogen and oxygen atoms in total. The molecule has 0 amide bonds. The fraction of sp³-hybridized carbons (Fsp3) is 0.250. The van der Waals surface area contributed by atoms with E-state index < -0.39 is 5.97 Å². The van der Waals surface area contributed by atoms with Crippen molar-refractivity contribution in [2.45, 2.75) is 13.5 Å². The predicted octanol–water partition coefficient (Wildman–Crippen LogP) is 2.28. The van der Waals surface area contributed by atoms with Crippen LogP contribution in [0, 0.1) is 0 Å². The first-order valence-electron chi connectivity index (χ1n) is 4.65. The Morgan fingerprint density at radius 3 is 2.60 bits per heavy atom. The second kappa shape index (κ2) is 5.86. The largest absolute Gasteiger partial charge is 0.501 e. The Morgan fingerprint density at radius 1 is 1.33 bits per heavy atom. The Labute approximate surface area is 89.3 Å². The van der Waals surface area contributed by atoms with Crippen molar-refractivity contribution in [3.8, 4) is 0 Å². The number of esters is 1. The molecule has 0 aliphatic heterocycles. The minimum atomic E-state index is -0.391. The van der Waals surface area contributed by atoms with Crippen molar-refractivity contribution in [3.63, 3.8) is 0 Å². The average molecular weight is 206 g/mol. The van der Waals surface area contributed by atoms with Crippen LogP contribution in [-0.2, 0) is 20.9 Å². The minimum absolute atomic E-state index is 0.285. The molecule has 0 atom stereocenters. The number of allylic oxidation sites excluding steroid dienone is 1. The summed E-state index contributed by atoms with van der Waals surface area (Å²) >= 11 is 0. The van der Waals surface area contributed by atoms with Crippen LogP contribution >= 0.6 is 0 Å². The maximum Gasteiger partial charge on any atom is 0.334 e. The van der Waals surface area contributed by atoms with E-state index in [0.717, 1.165) is 5.56 Å². The summed E-state index contributed by atoms with van der Waals surface area (Å²) in [4.78, 5) is 11.2. The molecule has 0 bridgehead atoms. The van der Waals surface area contributed by atoms with Crippen molar-refractivity contribution < 1.29 is 14.3 Å². The van der Waals surface area contributed by atoms with Crippen LogP contribution in [0.2, 0.25) is 0 Å². The van der Waals surface area contributed by atoms with E-state index >= 15 is 0 Å². The number of hydrogen-bond acceptors (Lipinski definition) is 3. The number of rotatable bonds is 4. The lowest BCUT2D eigenvalue weighted by molar-refractivity contribution is -0.139. The summed E-state index contributed by atoms with van der Waals surface area (Å²) < 4.78 is 9.84. The fourth-order valence-corrected chi connectivity index (χ4v) is 0.995. The fourth-order valence-electron chi connectivity index (χ4n) is 0.995. The van der Waals surface area contributed by atoms with Gasteiger partial charge in [0.15, 0.2) is 0 Å². The van der Waals surface area contributed by atoms with E-state index in [1.807, 2.05) is 30.3 Å². The zero-order valence-corrected chi connectivity index (χ0v) is 8.90. The van der Waals surface area contributed by atoms with Crippen molar-refractivity contribution in [3.05, 3.63) is 47.7 Å². The van der Waals surface area contributed by atoms with Gasteiger partial charge in [-0.2, -0.15) is 0 Å². The van der Waals surface area contributed by atoms with Gasteiger partial charge >= 0.3 is 5.97 Å². The van der Waals surface area contributed by atoms with E-state index in [9.17, 15) is 4.79 Å². The van der Waals surface area contributed by atoms with Crippen molar-refractivity contribution in [1.29, 1.82) is 0 Å². The maximum absolute atomic E-state index is 11.2. The van der Waals surface area contributed by atoms with Crippen LogP contribution in [0.5, 0.6) is 0 Å². The Kier molecular flexibility index (Phi) is 4.41. The number of methoxy groups -OCH3 is 1. The van der Waals surface area contributed by atoms with E-state index in [4.69, 9.17) is 9.47 Å². The summed E-state index contributed by atoms with van der Waals surface area (Å²) in [5.41, 5.74) is 0.967. The second-order valence-corrected chi connectivity index (χ2v) is 3.05. The smallest absolute Gasteiger partial charge is 0.334 e. The van der Waals surface area contributed by atoms with Gasteiger partial charge in [-0.25, -0.2) is 4.79 Å². The highest BCUT2D eigenvalue weighted by Crippen LogP contribution is 2.02. The first kappa shape index (κ1) is 11.3. The van der Waals surface area contributed by atoms with E-state index in [0.29, 0.717) is 5.76 Å². The number of ether oxygens (including phenoxy) is 2. The van der Waals surface area contributed by atoms with Crippen LogP contribution in [0.4, 0.5) is 0 Å². The SMILES string of the molecule is CO/C(C)=C/C(=O)OCc1ccccc1. The van der Waals surface area contributed by atoms with Crippen molar-refractivity contribution >= 4 is 5.97 Å². The first-order valence-corrected chi connectivity index (χ1v) is 4.65. The highest BCUT2D eigenvalue weighted by Gasteiger charge is 2.00. The summed E-state index contributed by atoms with van der Waals surface area (Å²) in [7, 11) is 1.51. The van der Waals surface area contributed by atoms with Crippen molar-refractivity contribution in [1.82, 2.24) is 0 Å². The van der Waals surface area contributed by atoms with Gasteiger partial charge in [-0.3, -0.25) is 0 Å². The van der Waals surface area contributed by atoms with Gasteiger partial charge in [0.1, 0.15) is 6.61 Å². The van der Waals surface area contributed by atoms with Crippen LogP contribution in [0.1, 0.15) is 12.5 Å². The molecule has 0 N–H and O–H groups in total. The van der Waals surface area contributed by atoms with Crippen molar-refractivity contribution in [2.75, 3.05) is 7.11 Å². The third-order valence-corrected chi connectivity index (χ3v) is 1.87. The Hall–Kier alpha value is -1.77. The second-order valence-electron chi connectivity index (χ2n) is 3.05. The molecule has 3 heteroatoms. The van der Waals surface area contributed by atoms with Crippen LogP contribution in [-0.4, -0.2) is 13.1 Å². The third kappa shape index (κ3) is 4.31. The molecule has 0 aromatic heterocycles. The topological polar surface area (TPSA) is 35.5 Å². The van der Waals surface area contributed by atoms with Crippen LogP contribution in [0.15, 0.2) is 42.2 Å². The third-order valence-electron chi connectivity index (χ3n) is 1.87. The van der Waals surface area contributed by atoms with Gasteiger partial charge in [-0.15, -0.1) is 0 Å². The van der Waals surface area contributed by atoms with E-state index in [2.05, 4.69) is 0 Å². The van der Waals surface area contributed by atoms with Gasteiger partial charge in [0.05, 0.1) is 18.9 Å². The molecule has 0 heterocycles. The molecule has 0 saturated carbocycles. The summed E-state index contributed by atoms with van der Waals surface area (Å²) in [6.07, 6.45) is 1.32. The molecular weight excluding hydrogens is 192 g/mol. The number of carbonyl (C=O) groups is 1. The Morgan fingerprint density at radius 2 is 2.00 bits per heavy atom. The monoisotopic (exact) mass is 206 g/mol. The molecule has 1 rings (SSSR count).